The average Bonchev–Trinajstić information content (AvgIpc) is 2.04. The Bertz CT molecular complexity index is 265. The van der Waals surface area contributed by atoms with E-state index in [4.69, 9.17) is 0 Å². The highest BCUT2D eigenvalue weighted by Gasteiger charge is 2.26. The normalized spacial score (nSPS) is 11.2. The molecule has 0 N–H and O–H groups in total. The summed E-state index contributed by atoms with van der Waals surface area (Å²) in [7, 11) is 0. The summed E-state index contributed by atoms with van der Waals surface area (Å²) in [4.78, 5) is 0. The number of allylic oxidation sites excluding steroid dienone is 1. The van der Waals surface area contributed by atoms with E-state index in [2.05, 4.69) is 6.58 Å². The standard InChI is InChI=1S/C11H12F2/c1-2-8-11(12,13)9-10-6-4-3-5-7-10/h2-7H,1,8-9H2. The largest absolute Gasteiger partial charge is 0.255 e. The zero-order valence-corrected chi connectivity index (χ0v) is 7.34. The van der Waals surface area contributed by atoms with Gasteiger partial charge in [-0.15, -0.1) is 6.58 Å². The third-order valence-corrected chi connectivity index (χ3v) is 1.75. The van der Waals surface area contributed by atoms with Crippen LogP contribution in [0.25, 0.3) is 0 Å². The quantitative estimate of drug-likeness (QED) is 0.626. The van der Waals surface area contributed by atoms with Crippen molar-refractivity contribution < 1.29 is 8.78 Å². The van der Waals surface area contributed by atoms with Crippen molar-refractivity contribution >= 4 is 0 Å². The lowest BCUT2D eigenvalue weighted by atomic mass is 10.1. The Kier molecular flexibility index (Phi) is 3.18. The van der Waals surface area contributed by atoms with Gasteiger partial charge in [0.05, 0.1) is 0 Å². The Morgan fingerprint density at radius 2 is 1.85 bits per heavy atom. The molecule has 0 fully saturated rings. The molecule has 70 valence electrons. The summed E-state index contributed by atoms with van der Waals surface area (Å²) in [5.41, 5.74) is 0.661. The monoisotopic (exact) mass is 182 g/mol. The molecule has 0 aliphatic carbocycles. The zero-order chi connectivity index (χ0) is 9.73. The van der Waals surface area contributed by atoms with Crippen molar-refractivity contribution in [3.63, 3.8) is 0 Å². The van der Waals surface area contributed by atoms with Crippen LogP contribution < -0.4 is 0 Å². The molecule has 0 bridgehead atoms. The van der Waals surface area contributed by atoms with Crippen LogP contribution in [-0.2, 0) is 6.42 Å². The van der Waals surface area contributed by atoms with Crippen LogP contribution in [-0.4, -0.2) is 5.92 Å². The van der Waals surface area contributed by atoms with E-state index >= 15 is 0 Å². The van der Waals surface area contributed by atoms with Crippen molar-refractivity contribution in [2.45, 2.75) is 18.8 Å². The van der Waals surface area contributed by atoms with Gasteiger partial charge < -0.3 is 0 Å². The van der Waals surface area contributed by atoms with Gasteiger partial charge in [-0.05, 0) is 5.56 Å². The second kappa shape index (κ2) is 4.17. The highest BCUT2D eigenvalue weighted by molar-refractivity contribution is 5.16. The number of hydrogen-bond donors (Lipinski definition) is 0. The van der Waals surface area contributed by atoms with Gasteiger partial charge in [0.25, 0.3) is 5.92 Å². The number of rotatable bonds is 4. The second-order valence-corrected chi connectivity index (χ2v) is 3.01. The Morgan fingerprint density at radius 3 is 2.38 bits per heavy atom. The molecular weight excluding hydrogens is 170 g/mol. The van der Waals surface area contributed by atoms with E-state index in [9.17, 15) is 8.78 Å². The second-order valence-electron chi connectivity index (χ2n) is 3.01. The highest BCUT2D eigenvalue weighted by Crippen LogP contribution is 2.23. The minimum atomic E-state index is -2.66. The fourth-order valence-corrected chi connectivity index (χ4v) is 1.18. The number of halogens is 2. The maximum Gasteiger partial charge on any atom is 0.255 e. The first-order valence-corrected chi connectivity index (χ1v) is 4.17. The van der Waals surface area contributed by atoms with Gasteiger partial charge in [0.1, 0.15) is 0 Å². The Balaban J connectivity index is 2.63. The molecule has 0 aliphatic rings. The molecule has 0 radical (unpaired) electrons. The van der Waals surface area contributed by atoms with Gasteiger partial charge in [0.15, 0.2) is 0 Å². The first kappa shape index (κ1) is 9.90. The van der Waals surface area contributed by atoms with Gasteiger partial charge in [0.2, 0.25) is 0 Å². The number of benzene rings is 1. The van der Waals surface area contributed by atoms with Crippen LogP contribution >= 0.6 is 0 Å². The van der Waals surface area contributed by atoms with Gasteiger partial charge in [-0.2, -0.15) is 0 Å². The molecule has 1 aromatic carbocycles. The van der Waals surface area contributed by atoms with Crippen molar-refractivity contribution in [3.05, 3.63) is 48.6 Å². The molecule has 0 atom stereocenters. The van der Waals surface area contributed by atoms with E-state index in [1.54, 1.807) is 24.3 Å². The Hall–Kier alpha value is -1.18. The maximum atomic E-state index is 13.0. The van der Waals surface area contributed by atoms with E-state index in [0.29, 0.717) is 5.56 Å². The third kappa shape index (κ3) is 3.36. The number of hydrogen-bond acceptors (Lipinski definition) is 0. The summed E-state index contributed by atoms with van der Waals surface area (Å²) in [6.45, 7) is 3.31. The van der Waals surface area contributed by atoms with E-state index in [1.807, 2.05) is 6.07 Å². The SMILES string of the molecule is C=CCC(F)(F)Cc1ccccc1. The average molecular weight is 182 g/mol. The molecule has 0 amide bonds. The third-order valence-electron chi connectivity index (χ3n) is 1.75. The van der Waals surface area contributed by atoms with Crippen LogP contribution in [0.15, 0.2) is 43.0 Å². The Labute approximate surface area is 76.9 Å². The molecule has 0 saturated heterocycles. The molecule has 0 spiro atoms. The van der Waals surface area contributed by atoms with Crippen molar-refractivity contribution in [1.82, 2.24) is 0 Å². The van der Waals surface area contributed by atoms with Gasteiger partial charge in [-0.3, -0.25) is 0 Å². The summed E-state index contributed by atoms with van der Waals surface area (Å²) in [5.74, 6) is -2.66. The van der Waals surface area contributed by atoms with Gasteiger partial charge >= 0.3 is 0 Å². The molecule has 0 aromatic heterocycles. The molecule has 0 unspecified atom stereocenters. The Morgan fingerprint density at radius 1 is 1.23 bits per heavy atom. The topological polar surface area (TPSA) is 0 Å². The van der Waals surface area contributed by atoms with Crippen LogP contribution in [0, 0.1) is 0 Å². The van der Waals surface area contributed by atoms with Crippen molar-refractivity contribution in [2.75, 3.05) is 0 Å². The van der Waals surface area contributed by atoms with E-state index in [-0.39, 0.29) is 12.8 Å². The van der Waals surface area contributed by atoms with Crippen LogP contribution in [0.3, 0.4) is 0 Å². The first-order valence-electron chi connectivity index (χ1n) is 4.17. The predicted molar refractivity (Wildman–Crippen MR) is 49.9 cm³/mol. The lowest BCUT2D eigenvalue weighted by Gasteiger charge is -2.13. The molecule has 0 saturated carbocycles. The summed E-state index contributed by atoms with van der Waals surface area (Å²) >= 11 is 0. The van der Waals surface area contributed by atoms with Gasteiger partial charge in [0, 0.05) is 12.8 Å². The highest BCUT2D eigenvalue weighted by atomic mass is 19.3. The molecule has 1 aromatic rings. The van der Waals surface area contributed by atoms with Crippen molar-refractivity contribution in [1.29, 1.82) is 0 Å². The molecule has 13 heavy (non-hydrogen) atoms. The fraction of sp³-hybridized carbons (Fsp3) is 0.273. The van der Waals surface area contributed by atoms with E-state index in [0.717, 1.165) is 0 Å². The van der Waals surface area contributed by atoms with E-state index < -0.39 is 5.92 Å². The zero-order valence-electron chi connectivity index (χ0n) is 7.34. The summed E-state index contributed by atoms with van der Waals surface area (Å²) in [6, 6.07) is 8.75. The summed E-state index contributed by atoms with van der Waals surface area (Å²) < 4.78 is 26.1. The summed E-state index contributed by atoms with van der Waals surface area (Å²) in [6.07, 6.45) is 0.782. The van der Waals surface area contributed by atoms with E-state index in [1.165, 1.54) is 6.08 Å². The fourth-order valence-electron chi connectivity index (χ4n) is 1.18. The smallest absolute Gasteiger partial charge is 0.206 e. The molecule has 2 heteroatoms. The first-order chi connectivity index (χ1) is 6.14. The predicted octanol–water partition coefficient (Wildman–Crippen LogP) is 3.44. The molecule has 0 heterocycles. The van der Waals surface area contributed by atoms with Gasteiger partial charge in [-0.25, -0.2) is 8.78 Å². The number of alkyl halides is 2. The van der Waals surface area contributed by atoms with Crippen molar-refractivity contribution in [3.8, 4) is 0 Å². The molecule has 0 aliphatic heterocycles. The van der Waals surface area contributed by atoms with Crippen LogP contribution in [0.2, 0.25) is 0 Å². The molecule has 1 rings (SSSR count). The minimum Gasteiger partial charge on any atom is -0.206 e. The van der Waals surface area contributed by atoms with Gasteiger partial charge in [-0.1, -0.05) is 36.4 Å². The molecule has 0 nitrogen and oxygen atoms in total. The van der Waals surface area contributed by atoms with Crippen LogP contribution in [0.1, 0.15) is 12.0 Å². The van der Waals surface area contributed by atoms with Crippen LogP contribution in [0.5, 0.6) is 0 Å². The summed E-state index contributed by atoms with van der Waals surface area (Å²) in [5, 5.41) is 0. The van der Waals surface area contributed by atoms with Crippen LogP contribution in [0.4, 0.5) is 8.78 Å². The molecular formula is C11H12F2. The maximum absolute atomic E-state index is 13.0. The lowest BCUT2D eigenvalue weighted by molar-refractivity contribution is 0.00500. The van der Waals surface area contributed by atoms with Crippen molar-refractivity contribution in [2.24, 2.45) is 0 Å². The minimum absolute atomic E-state index is 0.208. The lowest BCUT2D eigenvalue weighted by Crippen LogP contribution is -2.18.